The van der Waals surface area contributed by atoms with Gasteiger partial charge in [-0.3, -0.25) is 0 Å². The molecule has 2 rings (SSSR count). The summed E-state index contributed by atoms with van der Waals surface area (Å²) in [5.41, 5.74) is 2.23. The summed E-state index contributed by atoms with van der Waals surface area (Å²) in [6.07, 6.45) is 2.30. The molecule has 1 aromatic rings. The molecule has 1 atom stereocenters. The van der Waals surface area contributed by atoms with Crippen molar-refractivity contribution in [3.05, 3.63) is 35.4 Å². The van der Waals surface area contributed by atoms with E-state index in [1.54, 1.807) is 0 Å². The topological polar surface area (TPSA) is 32.3 Å². The predicted octanol–water partition coefficient (Wildman–Crippen LogP) is 2.03. The molecule has 2 nitrogen and oxygen atoms in total. The zero-order valence-electron chi connectivity index (χ0n) is 9.46. The fourth-order valence-electron chi connectivity index (χ4n) is 2.14. The molecule has 0 saturated carbocycles. The molecular formula is C13H19NO. The lowest BCUT2D eigenvalue weighted by Crippen LogP contribution is -2.36. The lowest BCUT2D eigenvalue weighted by Gasteiger charge is -2.21. The summed E-state index contributed by atoms with van der Waals surface area (Å²) in [5.74, 6) is 0. The third kappa shape index (κ3) is 2.58. The Morgan fingerprint density at radius 2 is 2.13 bits per heavy atom. The molecule has 0 amide bonds. The number of rotatable bonds is 3. The van der Waals surface area contributed by atoms with Crippen molar-refractivity contribution < 1.29 is 5.11 Å². The van der Waals surface area contributed by atoms with Crippen LogP contribution < -0.4 is 5.32 Å². The summed E-state index contributed by atoms with van der Waals surface area (Å²) in [6, 6.07) is 8.98. The first-order valence-corrected chi connectivity index (χ1v) is 5.60. The Bertz CT molecular complexity index is 341. The fourth-order valence-corrected chi connectivity index (χ4v) is 2.14. The third-order valence-electron chi connectivity index (χ3n) is 2.91. The lowest BCUT2D eigenvalue weighted by atomic mass is 10.1. The molecular weight excluding hydrogens is 186 g/mol. The number of nitrogens with one attached hydrogen (secondary N) is 1. The van der Waals surface area contributed by atoms with Crippen molar-refractivity contribution >= 4 is 0 Å². The molecule has 1 aliphatic carbocycles. The largest absolute Gasteiger partial charge is 0.389 e. The van der Waals surface area contributed by atoms with Gasteiger partial charge in [0.25, 0.3) is 0 Å². The second-order valence-corrected chi connectivity index (χ2v) is 4.98. The first-order valence-electron chi connectivity index (χ1n) is 5.60. The number of fused-ring (bicyclic) bond motifs is 1. The average Bonchev–Trinajstić information content (AvgIpc) is 2.57. The van der Waals surface area contributed by atoms with Crippen LogP contribution in [0.25, 0.3) is 0 Å². The summed E-state index contributed by atoms with van der Waals surface area (Å²) in [5, 5.41) is 13.1. The van der Waals surface area contributed by atoms with Gasteiger partial charge in [-0.25, -0.2) is 0 Å². The molecule has 0 fully saturated rings. The van der Waals surface area contributed by atoms with Gasteiger partial charge in [-0.05, 0) is 37.8 Å². The van der Waals surface area contributed by atoms with E-state index in [2.05, 4.69) is 29.6 Å². The summed E-state index contributed by atoms with van der Waals surface area (Å²) in [4.78, 5) is 0. The van der Waals surface area contributed by atoms with E-state index in [4.69, 9.17) is 0 Å². The zero-order chi connectivity index (χ0) is 10.9. The number of hydrogen-bond donors (Lipinski definition) is 2. The first kappa shape index (κ1) is 10.7. The van der Waals surface area contributed by atoms with Crippen molar-refractivity contribution in [3.8, 4) is 0 Å². The highest BCUT2D eigenvalue weighted by Gasteiger charge is 2.23. The van der Waals surface area contributed by atoms with Crippen LogP contribution in [-0.4, -0.2) is 17.3 Å². The molecule has 0 bridgehead atoms. The lowest BCUT2D eigenvalue weighted by molar-refractivity contribution is 0.0764. The molecule has 0 aliphatic heterocycles. The minimum Gasteiger partial charge on any atom is -0.389 e. The minimum absolute atomic E-state index is 0.424. The molecule has 1 aromatic carbocycles. The summed E-state index contributed by atoms with van der Waals surface area (Å²) in [7, 11) is 0. The van der Waals surface area contributed by atoms with Gasteiger partial charge in [0.1, 0.15) is 0 Å². The standard InChI is InChI=1S/C13H19NO/c1-13(2,15)9-14-12-8-7-10-5-3-4-6-11(10)12/h3-6,12,14-15H,7-9H2,1-2H3. The van der Waals surface area contributed by atoms with Crippen molar-refractivity contribution in [1.82, 2.24) is 5.32 Å². The van der Waals surface area contributed by atoms with Crippen LogP contribution in [0, 0.1) is 0 Å². The van der Waals surface area contributed by atoms with Crippen molar-refractivity contribution in [2.24, 2.45) is 0 Å². The molecule has 82 valence electrons. The number of aryl methyl sites for hydroxylation is 1. The molecule has 0 radical (unpaired) electrons. The van der Waals surface area contributed by atoms with E-state index in [1.165, 1.54) is 11.1 Å². The highest BCUT2D eigenvalue weighted by atomic mass is 16.3. The van der Waals surface area contributed by atoms with E-state index in [0.717, 1.165) is 12.8 Å². The zero-order valence-corrected chi connectivity index (χ0v) is 9.46. The van der Waals surface area contributed by atoms with Crippen LogP contribution in [0.5, 0.6) is 0 Å². The van der Waals surface area contributed by atoms with Gasteiger partial charge >= 0.3 is 0 Å². The minimum atomic E-state index is -0.627. The molecule has 0 spiro atoms. The molecule has 0 aromatic heterocycles. The van der Waals surface area contributed by atoms with Gasteiger partial charge in [0.2, 0.25) is 0 Å². The molecule has 1 aliphatic rings. The van der Waals surface area contributed by atoms with Crippen LogP contribution in [0.1, 0.15) is 37.4 Å². The Morgan fingerprint density at radius 3 is 2.87 bits per heavy atom. The van der Waals surface area contributed by atoms with Crippen LogP contribution in [0.15, 0.2) is 24.3 Å². The van der Waals surface area contributed by atoms with Crippen molar-refractivity contribution in [2.45, 2.75) is 38.3 Å². The second-order valence-electron chi connectivity index (χ2n) is 4.98. The van der Waals surface area contributed by atoms with Gasteiger partial charge in [0, 0.05) is 12.6 Å². The summed E-state index contributed by atoms with van der Waals surface area (Å²) in [6.45, 7) is 4.31. The van der Waals surface area contributed by atoms with Gasteiger partial charge in [0.05, 0.1) is 5.60 Å². The van der Waals surface area contributed by atoms with Gasteiger partial charge < -0.3 is 10.4 Å². The first-order chi connectivity index (χ1) is 7.06. The highest BCUT2D eigenvalue weighted by Crippen LogP contribution is 2.30. The maximum absolute atomic E-state index is 9.66. The maximum atomic E-state index is 9.66. The van der Waals surface area contributed by atoms with Crippen molar-refractivity contribution in [2.75, 3.05) is 6.54 Å². The van der Waals surface area contributed by atoms with Crippen LogP contribution in [-0.2, 0) is 6.42 Å². The van der Waals surface area contributed by atoms with Gasteiger partial charge in [-0.15, -0.1) is 0 Å². The number of hydrogen-bond acceptors (Lipinski definition) is 2. The summed E-state index contributed by atoms with van der Waals surface area (Å²) < 4.78 is 0. The Labute approximate surface area is 91.3 Å². The smallest absolute Gasteiger partial charge is 0.0715 e. The van der Waals surface area contributed by atoms with Crippen LogP contribution in [0.3, 0.4) is 0 Å². The van der Waals surface area contributed by atoms with E-state index >= 15 is 0 Å². The Balaban J connectivity index is 2.02. The van der Waals surface area contributed by atoms with Crippen LogP contribution in [0.2, 0.25) is 0 Å². The van der Waals surface area contributed by atoms with Gasteiger partial charge in [-0.1, -0.05) is 24.3 Å². The Hall–Kier alpha value is -0.860. The molecule has 0 heterocycles. The molecule has 0 saturated heterocycles. The van der Waals surface area contributed by atoms with Crippen molar-refractivity contribution in [1.29, 1.82) is 0 Å². The van der Waals surface area contributed by atoms with Crippen LogP contribution in [0.4, 0.5) is 0 Å². The monoisotopic (exact) mass is 205 g/mol. The molecule has 1 unspecified atom stereocenters. The second kappa shape index (κ2) is 3.95. The normalized spacial score (nSPS) is 20.3. The quantitative estimate of drug-likeness (QED) is 0.791. The molecule has 2 N–H and O–H groups in total. The number of benzene rings is 1. The predicted molar refractivity (Wildman–Crippen MR) is 61.8 cm³/mol. The maximum Gasteiger partial charge on any atom is 0.0715 e. The van der Waals surface area contributed by atoms with E-state index < -0.39 is 5.60 Å². The number of aliphatic hydroxyl groups is 1. The summed E-state index contributed by atoms with van der Waals surface area (Å²) >= 11 is 0. The fraction of sp³-hybridized carbons (Fsp3) is 0.538. The highest BCUT2D eigenvalue weighted by molar-refractivity contribution is 5.34. The van der Waals surface area contributed by atoms with E-state index in [9.17, 15) is 5.11 Å². The Morgan fingerprint density at radius 1 is 1.40 bits per heavy atom. The van der Waals surface area contributed by atoms with E-state index in [1.807, 2.05) is 13.8 Å². The van der Waals surface area contributed by atoms with E-state index in [0.29, 0.717) is 12.6 Å². The van der Waals surface area contributed by atoms with Crippen LogP contribution >= 0.6 is 0 Å². The SMILES string of the molecule is CC(C)(O)CNC1CCc2ccccc21. The third-order valence-corrected chi connectivity index (χ3v) is 2.91. The average molecular weight is 205 g/mol. The van der Waals surface area contributed by atoms with E-state index in [-0.39, 0.29) is 0 Å². The van der Waals surface area contributed by atoms with Gasteiger partial charge in [-0.2, -0.15) is 0 Å². The molecule has 15 heavy (non-hydrogen) atoms. The molecule has 2 heteroatoms. The Kier molecular flexibility index (Phi) is 2.81. The van der Waals surface area contributed by atoms with Crippen molar-refractivity contribution in [3.63, 3.8) is 0 Å². The van der Waals surface area contributed by atoms with Gasteiger partial charge in [0.15, 0.2) is 0 Å².